The van der Waals surface area contributed by atoms with Gasteiger partial charge in [-0.25, -0.2) is 0 Å². The Morgan fingerprint density at radius 3 is 2.43 bits per heavy atom. The van der Waals surface area contributed by atoms with Crippen LogP contribution in [0.1, 0.15) is 70.4 Å². The fourth-order valence-corrected chi connectivity index (χ4v) is 7.13. The minimum atomic E-state index is 0.155. The van der Waals surface area contributed by atoms with Gasteiger partial charge in [0.1, 0.15) is 0 Å². The van der Waals surface area contributed by atoms with Crippen molar-refractivity contribution in [2.45, 2.75) is 64.8 Å². The zero-order valence-electron chi connectivity index (χ0n) is 13.7. The van der Waals surface area contributed by atoms with Crippen molar-refractivity contribution in [3.63, 3.8) is 0 Å². The van der Waals surface area contributed by atoms with E-state index in [1.807, 2.05) is 17.9 Å². The molecule has 5 rings (SSSR count). The Balaban J connectivity index is 1.59. The average molecular weight is 287 g/mol. The van der Waals surface area contributed by atoms with E-state index in [1.165, 1.54) is 44.1 Å². The summed E-state index contributed by atoms with van der Waals surface area (Å²) in [7, 11) is 1.98. The quantitative estimate of drug-likeness (QED) is 0.918. The summed E-state index contributed by atoms with van der Waals surface area (Å²) >= 11 is 0. The predicted molar refractivity (Wildman–Crippen MR) is 84.6 cm³/mol. The summed E-state index contributed by atoms with van der Waals surface area (Å²) in [5.74, 6) is 0.956. The number of rotatable bonds is 3. The molecule has 3 unspecified atom stereocenters. The van der Waals surface area contributed by atoms with Crippen LogP contribution in [0.5, 0.6) is 0 Å². The van der Waals surface area contributed by atoms with Crippen molar-refractivity contribution < 1.29 is 0 Å². The Hall–Kier alpha value is -0.830. The molecule has 4 bridgehead atoms. The maximum Gasteiger partial charge on any atom is 0.0537 e. The third kappa shape index (κ3) is 2.25. The molecule has 0 spiro atoms. The molecule has 2 N–H and O–H groups in total. The average Bonchev–Trinajstić information content (AvgIpc) is 2.70. The summed E-state index contributed by atoms with van der Waals surface area (Å²) in [5, 5.41) is 4.30. The molecule has 4 fully saturated rings. The summed E-state index contributed by atoms with van der Waals surface area (Å²) in [4.78, 5) is 0. The minimum Gasteiger partial charge on any atom is -0.324 e. The molecule has 0 amide bonds. The normalized spacial score (nSPS) is 46.0. The van der Waals surface area contributed by atoms with Crippen molar-refractivity contribution in [1.29, 1.82) is 0 Å². The number of nitrogens with zero attached hydrogens (tertiary/aromatic N) is 2. The number of nitrogens with two attached hydrogens (primary N) is 1. The van der Waals surface area contributed by atoms with Gasteiger partial charge in [0.2, 0.25) is 0 Å². The van der Waals surface area contributed by atoms with E-state index in [-0.39, 0.29) is 6.04 Å². The maximum atomic E-state index is 6.56. The van der Waals surface area contributed by atoms with Crippen LogP contribution in [-0.4, -0.2) is 9.78 Å². The first-order valence-corrected chi connectivity index (χ1v) is 8.53. The molecule has 1 aromatic heterocycles. The van der Waals surface area contributed by atoms with E-state index in [4.69, 9.17) is 5.73 Å². The smallest absolute Gasteiger partial charge is 0.0537 e. The molecule has 0 aliphatic heterocycles. The maximum absolute atomic E-state index is 6.56. The summed E-state index contributed by atoms with van der Waals surface area (Å²) < 4.78 is 1.87. The highest BCUT2D eigenvalue weighted by atomic mass is 15.2. The Morgan fingerprint density at radius 1 is 1.24 bits per heavy atom. The van der Waals surface area contributed by atoms with Gasteiger partial charge in [-0.1, -0.05) is 13.8 Å². The van der Waals surface area contributed by atoms with Crippen LogP contribution >= 0.6 is 0 Å². The van der Waals surface area contributed by atoms with Crippen molar-refractivity contribution in [3.05, 3.63) is 18.0 Å². The molecule has 3 heteroatoms. The van der Waals surface area contributed by atoms with E-state index in [2.05, 4.69) is 25.1 Å². The molecule has 3 atom stereocenters. The topological polar surface area (TPSA) is 43.8 Å². The van der Waals surface area contributed by atoms with Gasteiger partial charge >= 0.3 is 0 Å². The van der Waals surface area contributed by atoms with Gasteiger partial charge in [0.25, 0.3) is 0 Å². The molecule has 4 aliphatic carbocycles. The molecule has 21 heavy (non-hydrogen) atoms. The van der Waals surface area contributed by atoms with E-state index in [0.29, 0.717) is 16.2 Å². The lowest BCUT2D eigenvalue weighted by molar-refractivity contribution is -0.149. The first-order valence-electron chi connectivity index (χ1n) is 8.53. The Labute approximate surface area is 128 Å². The first kappa shape index (κ1) is 13.8. The van der Waals surface area contributed by atoms with Crippen molar-refractivity contribution in [2.24, 2.45) is 34.9 Å². The summed E-state index contributed by atoms with van der Waals surface area (Å²) in [6, 6.07) is 0.155. The zero-order chi connectivity index (χ0) is 14.9. The van der Waals surface area contributed by atoms with Crippen LogP contribution in [0.2, 0.25) is 0 Å². The SMILES string of the molecule is Cn1cc(C(N)CC23CC4CC(C)(CC(C)(C4)C2)C3)cn1. The molecule has 0 saturated heterocycles. The molecule has 116 valence electrons. The monoisotopic (exact) mass is 287 g/mol. The van der Waals surface area contributed by atoms with Gasteiger partial charge in [-0.2, -0.15) is 5.10 Å². The highest BCUT2D eigenvalue weighted by molar-refractivity contribution is 5.15. The summed E-state index contributed by atoms with van der Waals surface area (Å²) in [5.41, 5.74) is 9.44. The summed E-state index contributed by atoms with van der Waals surface area (Å²) in [6.45, 7) is 5.08. The minimum absolute atomic E-state index is 0.155. The molecule has 1 aromatic rings. The standard InChI is InChI=1S/C18H29N3/c1-16-4-13-5-17(2,10-16)12-18(6-13,11-16)7-15(19)14-8-20-21(3)9-14/h8-9,13,15H,4-7,10-12,19H2,1-3H3. The fraction of sp³-hybridized carbons (Fsp3) is 0.833. The molecule has 0 radical (unpaired) electrons. The van der Waals surface area contributed by atoms with Crippen LogP contribution in [0.15, 0.2) is 12.4 Å². The lowest BCUT2D eigenvalue weighted by Crippen LogP contribution is -2.55. The second kappa shape index (κ2) is 4.13. The lowest BCUT2D eigenvalue weighted by Gasteiger charge is -2.66. The van der Waals surface area contributed by atoms with Gasteiger partial charge in [0.05, 0.1) is 6.20 Å². The second-order valence-electron chi connectivity index (χ2n) is 9.39. The predicted octanol–water partition coefficient (Wildman–Crippen LogP) is 3.81. The molecular formula is C18H29N3. The summed E-state index contributed by atoms with van der Waals surface area (Å²) in [6.07, 6.45) is 13.8. The molecular weight excluding hydrogens is 258 g/mol. The van der Waals surface area contributed by atoms with Crippen molar-refractivity contribution >= 4 is 0 Å². The van der Waals surface area contributed by atoms with Crippen LogP contribution in [-0.2, 0) is 7.05 Å². The Morgan fingerprint density at radius 2 is 1.90 bits per heavy atom. The molecule has 4 saturated carbocycles. The van der Waals surface area contributed by atoms with E-state index < -0.39 is 0 Å². The number of aryl methyl sites for hydroxylation is 1. The molecule has 1 heterocycles. The highest BCUT2D eigenvalue weighted by Gasteiger charge is 2.60. The van der Waals surface area contributed by atoms with E-state index in [9.17, 15) is 0 Å². The van der Waals surface area contributed by atoms with Gasteiger partial charge < -0.3 is 5.73 Å². The van der Waals surface area contributed by atoms with Crippen LogP contribution in [0.4, 0.5) is 0 Å². The van der Waals surface area contributed by atoms with Crippen LogP contribution < -0.4 is 5.73 Å². The first-order chi connectivity index (χ1) is 9.79. The van der Waals surface area contributed by atoms with Crippen LogP contribution in [0, 0.1) is 22.2 Å². The molecule has 4 aliphatic rings. The van der Waals surface area contributed by atoms with Gasteiger partial charge in [-0.3, -0.25) is 4.68 Å². The fourth-order valence-electron chi connectivity index (χ4n) is 7.13. The van der Waals surface area contributed by atoms with Crippen LogP contribution in [0.25, 0.3) is 0 Å². The lowest BCUT2D eigenvalue weighted by atomic mass is 9.39. The number of hydrogen-bond acceptors (Lipinski definition) is 2. The third-order valence-electron chi connectivity index (χ3n) is 6.55. The number of hydrogen-bond donors (Lipinski definition) is 1. The van der Waals surface area contributed by atoms with E-state index >= 15 is 0 Å². The molecule has 3 nitrogen and oxygen atoms in total. The second-order valence-corrected chi connectivity index (χ2v) is 9.39. The highest BCUT2D eigenvalue weighted by Crippen LogP contribution is 2.70. The van der Waals surface area contributed by atoms with Gasteiger partial charge in [0, 0.05) is 24.8 Å². The van der Waals surface area contributed by atoms with Gasteiger partial charge in [-0.15, -0.1) is 0 Å². The zero-order valence-corrected chi connectivity index (χ0v) is 13.7. The molecule has 0 aromatic carbocycles. The largest absolute Gasteiger partial charge is 0.324 e. The van der Waals surface area contributed by atoms with Gasteiger partial charge in [0.15, 0.2) is 0 Å². The van der Waals surface area contributed by atoms with Crippen LogP contribution in [0.3, 0.4) is 0 Å². The third-order valence-corrected chi connectivity index (χ3v) is 6.55. The van der Waals surface area contributed by atoms with E-state index in [1.54, 1.807) is 0 Å². The van der Waals surface area contributed by atoms with Crippen molar-refractivity contribution in [3.8, 4) is 0 Å². The van der Waals surface area contributed by atoms with Crippen molar-refractivity contribution in [1.82, 2.24) is 9.78 Å². The van der Waals surface area contributed by atoms with Gasteiger partial charge in [-0.05, 0) is 67.1 Å². The Bertz CT molecular complexity index is 543. The van der Waals surface area contributed by atoms with Crippen molar-refractivity contribution in [2.75, 3.05) is 0 Å². The Kier molecular flexibility index (Phi) is 2.71. The number of aromatic nitrogens is 2. The van der Waals surface area contributed by atoms with E-state index in [0.717, 1.165) is 12.3 Å².